The molecule has 3 aromatic carbocycles. The molecule has 1 unspecified atom stereocenters. The molecule has 1 atom stereocenters. The second-order valence-corrected chi connectivity index (χ2v) is 7.28. The Morgan fingerprint density at radius 2 is 1.71 bits per heavy atom. The van der Waals surface area contributed by atoms with Crippen LogP contribution in [0.1, 0.15) is 22.9 Å². The fourth-order valence-corrected chi connectivity index (χ4v) is 3.81. The van der Waals surface area contributed by atoms with Gasteiger partial charge < -0.3 is 14.7 Å². The van der Waals surface area contributed by atoms with Gasteiger partial charge in [-0.1, -0.05) is 42.5 Å². The van der Waals surface area contributed by atoms with E-state index >= 15 is 0 Å². The zero-order chi connectivity index (χ0) is 22.0. The standard InChI is InChI=1S/C25H23N3O3/c1-16-26-21-12-8-7-11-19(21)24(27-16)28(2)18-13-14-22(31-3)20(15-18)23(25(29)30)17-9-5-4-6-10-17/h4-15,23H,1-3H3,(H,29,30). The molecular formula is C25H23N3O3. The molecule has 0 bridgehead atoms. The Bertz CT molecular complexity index is 1240. The first-order valence-electron chi connectivity index (χ1n) is 9.92. The van der Waals surface area contributed by atoms with Gasteiger partial charge in [0, 0.05) is 23.7 Å². The molecule has 0 fully saturated rings. The molecule has 6 nitrogen and oxygen atoms in total. The summed E-state index contributed by atoms with van der Waals surface area (Å²) in [5, 5.41) is 11.0. The summed E-state index contributed by atoms with van der Waals surface area (Å²) in [6.45, 7) is 1.86. The Kier molecular flexibility index (Phi) is 5.54. The summed E-state index contributed by atoms with van der Waals surface area (Å²) in [5.41, 5.74) is 2.94. The van der Waals surface area contributed by atoms with Crippen molar-refractivity contribution >= 4 is 28.4 Å². The maximum Gasteiger partial charge on any atom is 0.315 e. The average molecular weight is 413 g/mol. The van der Waals surface area contributed by atoms with E-state index < -0.39 is 11.9 Å². The summed E-state index contributed by atoms with van der Waals surface area (Å²) >= 11 is 0. The summed E-state index contributed by atoms with van der Waals surface area (Å²) in [6.07, 6.45) is 0. The highest BCUT2D eigenvalue weighted by atomic mass is 16.5. The topological polar surface area (TPSA) is 75.5 Å². The van der Waals surface area contributed by atoms with Crippen LogP contribution >= 0.6 is 0 Å². The molecule has 4 aromatic rings. The zero-order valence-electron chi connectivity index (χ0n) is 17.6. The molecule has 0 saturated carbocycles. The van der Waals surface area contributed by atoms with Crippen LogP contribution in [-0.4, -0.2) is 35.2 Å². The fourth-order valence-electron chi connectivity index (χ4n) is 3.81. The van der Waals surface area contributed by atoms with E-state index in [1.54, 1.807) is 13.2 Å². The molecule has 0 amide bonds. The predicted octanol–water partition coefficient (Wildman–Crippen LogP) is 4.93. The molecule has 0 radical (unpaired) electrons. The van der Waals surface area contributed by atoms with E-state index in [9.17, 15) is 9.90 Å². The number of carboxylic acid groups (broad SMARTS) is 1. The van der Waals surface area contributed by atoms with E-state index in [2.05, 4.69) is 9.97 Å². The van der Waals surface area contributed by atoms with Crippen molar-refractivity contribution in [3.63, 3.8) is 0 Å². The number of fused-ring (bicyclic) bond motifs is 1. The lowest BCUT2D eigenvalue weighted by Gasteiger charge is -2.23. The Morgan fingerprint density at radius 1 is 1.00 bits per heavy atom. The van der Waals surface area contributed by atoms with Crippen molar-refractivity contribution in [1.82, 2.24) is 9.97 Å². The SMILES string of the molecule is COc1ccc(N(C)c2nc(C)nc3ccccc23)cc1C(C(=O)O)c1ccccc1. The van der Waals surface area contributed by atoms with Gasteiger partial charge in [-0.05, 0) is 42.8 Å². The normalized spacial score (nSPS) is 11.8. The number of aromatic nitrogens is 2. The van der Waals surface area contributed by atoms with Gasteiger partial charge in [0.15, 0.2) is 0 Å². The minimum absolute atomic E-state index is 0.525. The van der Waals surface area contributed by atoms with E-state index in [4.69, 9.17) is 4.74 Å². The van der Waals surface area contributed by atoms with Crippen LogP contribution in [0.3, 0.4) is 0 Å². The summed E-state index contributed by atoms with van der Waals surface area (Å²) < 4.78 is 5.52. The molecule has 6 heteroatoms. The lowest BCUT2D eigenvalue weighted by atomic mass is 9.90. The minimum atomic E-state index is -0.937. The van der Waals surface area contributed by atoms with Gasteiger partial charge in [-0.15, -0.1) is 0 Å². The number of hydrogen-bond donors (Lipinski definition) is 1. The average Bonchev–Trinajstić information content (AvgIpc) is 2.78. The number of carbonyl (C=O) groups is 1. The summed E-state index contributed by atoms with van der Waals surface area (Å²) in [7, 11) is 3.46. The number of hydrogen-bond acceptors (Lipinski definition) is 5. The van der Waals surface area contributed by atoms with Crippen LogP contribution in [0.15, 0.2) is 72.8 Å². The highest BCUT2D eigenvalue weighted by Crippen LogP contribution is 2.37. The van der Waals surface area contributed by atoms with E-state index in [1.165, 1.54) is 0 Å². The summed E-state index contributed by atoms with van der Waals surface area (Å²) in [5.74, 6) is 0.158. The van der Waals surface area contributed by atoms with E-state index in [1.807, 2.05) is 85.6 Å². The number of aliphatic carboxylic acids is 1. The Hall–Kier alpha value is -3.93. The number of benzene rings is 3. The third-order valence-electron chi connectivity index (χ3n) is 5.30. The van der Waals surface area contributed by atoms with Crippen molar-refractivity contribution in [2.45, 2.75) is 12.8 Å². The smallest absolute Gasteiger partial charge is 0.315 e. The van der Waals surface area contributed by atoms with Gasteiger partial charge in [0.1, 0.15) is 23.3 Å². The highest BCUT2D eigenvalue weighted by Gasteiger charge is 2.26. The second-order valence-electron chi connectivity index (χ2n) is 7.28. The molecule has 0 saturated heterocycles. The quantitative estimate of drug-likeness (QED) is 0.483. The van der Waals surface area contributed by atoms with Crippen LogP contribution in [0, 0.1) is 6.92 Å². The van der Waals surface area contributed by atoms with E-state index in [-0.39, 0.29) is 0 Å². The van der Waals surface area contributed by atoms with Crippen molar-refractivity contribution in [3.8, 4) is 5.75 Å². The van der Waals surface area contributed by atoms with Crippen LogP contribution in [0.25, 0.3) is 10.9 Å². The van der Waals surface area contributed by atoms with Gasteiger partial charge in [-0.3, -0.25) is 4.79 Å². The predicted molar refractivity (Wildman–Crippen MR) is 121 cm³/mol. The Balaban J connectivity index is 1.86. The van der Waals surface area contributed by atoms with Gasteiger partial charge >= 0.3 is 5.97 Å². The first kappa shape index (κ1) is 20.3. The summed E-state index contributed by atoms with van der Waals surface area (Å²) in [6, 6.07) is 22.6. The maximum absolute atomic E-state index is 12.2. The number of methoxy groups -OCH3 is 1. The van der Waals surface area contributed by atoms with Gasteiger partial charge in [0.2, 0.25) is 0 Å². The first-order chi connectivity index (χ1) is 15.0. The van der Waals surface area contributed by atoms with Gasteiger partial charge in [0.05, 0.1) is 12.6 Å². The largest absolute Gasteiger partial charge is 0.496 e. The fraction of sp³-hybridized carbons (Fsp3) is 0.160. The number of nitrogens with zero attached hydrogens (tertiary/aromatic N) is 3. The number of aryl methyl sites for hydroxylation is 1. The zero-order valence-corrected chi connectivity index (χ0v) is 17.6. The Morgan fingerprint density at radius 3 is 2.42 bits per heavy atom. The van der Waals surface area contributed by atoms with Crippen LogP contribution in [0.5, 0.6) is 5.75 Å². The first-order valence-corrected chi connectivity index (χ1v) is 9.92. The molecule has 31 heavy (non-hydrogen) atoms. The molecule has 1 heterocycles. The van der Waals surface area contributed by atoms with Crippen molar-refractivity contribution in [2.24, 2.45) is 0 Å². The number of ether oxygens (including phenoxy) is 1. The van der Waals surface area contributed by atoms with Gasteiger partial charge in [-0.25, -0.2) is 9.97 Å². The van der Waals surface area contributed by atoms with Crippen molar-refractivity contribution in [3.05, 3.63) is 89.7 Å². The monoisotopic (exact) mass is 413 g/mol. The third kappa shape index (κ3) is 3.92. The Labute approximate surface area is 180 Å². The summed E-state index contributed by atoms with van der Waals surface area (Å²) in [4.78, 5) is 23.4. The van der Waals surface area contributed by atoms with Crippen molar-refractivity contribution in [2.75, 3.05) is 19.1 Å². The van der Waals surface area contributed by atoms with Crippen LogP contribution in [0.4, 0.5) is 11.5 Å². The number of anilines is 2. The molecule has 4 rings (SSSR count). The van der Waals surface area contributed by atoms with Crippen molar-refractivity contribution in [1.29, 1.82) is 0 Å². The van der Waals surface area contributed by atoms with Gasteiger partial charge in [-0.2, -0.15) is 0 Å². The van der Waals surface area contributed by atoms with Crippen molar-refractivity contribution < 1.29 is 14.6 Å². The molecule has 0 spiro atoms. The highest BCUT2D eigenvalue weighted by molar-refractivity contribution is 5.91. The van der Waals surface area contributed by atoms with E-state index in [0.717, 1.165) is 22.4 Å². The minimum Gasteiger partial charge on any atom is -0.496 e. The van der Waals surface area contributed by atoms with E-state index in [0.29, 0.717) is 22.7 Å². The van der Waals surface area contributed by atoms with Crippen LogP contribution in [0.2, 0.25) is 0 Å². The molecular weight excluding hydrogens is 390 g/mol. The molecule has 1 N–H and O–H groups in total. The lowest BCUT2D eigenvalue weighted by Crippen LogP contribution is -2.17. The lowest BCUT2D eigenvalue weighted by molar-refractivity contribution is -0.137. The maximum atomic E-state index is 12.2. The third-order valence-corrected chi connectivity index (χ3v) is 5.30. The van der Waals surface area contributed by atoms with Crippen LogP contribution in [-0.2, 0) is 4.79 Å². The van der Waals surface area contributed by atoms with Crippen LogP contribution < -0.4 is 9.64 Å². The number of rotatable bonds is 6. The molecule has 0 aliphatic heterocycles. The van der Waals surface area contributed by atoms with Gasteiger partial charge in [0.25, 0.3) is 0 Å². The molecule has 1 aromatic heterocycles. The molecule has 0 aliphatic rings. The number of carboxylic acids is 1. The second kappa shape index (κ2) is 8.44. The molecule has 156 valence electrons. The molecule has 0 aliphatic carbocycles. The number of para-hydroxylation sites is 1.